The molecule has 0 bridgehead atoms. The van der Waals surface area contributed by atoms with Crippen LogP contribution in [-0.2, 0) is 27.0 Å². The maximum Gasteiger partial charge on any atom is 0.416 e. The van der Waals surface area contributed by atoms with Gasteiger partial charge in [-0.3, -0.25) is 4.79 Å². The highest BCUT2D eigenvalue weighted by Crippen LogP contribution is 2.31. The van der Waals surface area contributed by atoms with Gasteiger partial charge in [-0.05, 0) is 48.0 Å². The van der Waals surface area contributed by atoms with Crippen molar-refractivity contribution in [2.75, 3.05) is 11.9 Å². The highest BCUT2D eigenvalue weighted by molar-refractivity contribution is 5.91. The highest BCUT2D eigenvalue weighted by atomic mass is 19.4. The molecule has 0 fully saturated rings. The summed E-state index contributed by atoms with van der Waals surface area (Å²) in [4.78, 5) is 24.5. The van der Waals surface area contributed by atoms with Crippen molar-refractivity contribution in [1.82, 2.24) is 20.2 Å². The van der Waals surface area contributed by atoms with Crippen LogP contribution >= 0.6 is 0 Å². The van der Waals surface area contributed by atoms with Gasteiger partial charge in [0.1, 0.15) is 6.54 Å². The first-order chi connectivity index (χ1) is 15.2. The molecule has 32 heavy (non-hydrogen) atoms. The average molecular weight is 445 g/mol. The minimum atomic E-state index is -4.49. The Kier molecular flexibility index (Phi) is 6.98. The van der Waals surface area contributed by atoms with Crippen molar-refractivity contribution in [2.45, 2.75) is 19.6 Å². The Balaban J connectivity index is 1.59. The predicted molar refractivity (Wildman–Crippen MR) is 109 cm³/mol. The summed E-state index contributed by atoms with van der Waals surface area (Å²) in [5, 5.41) is 14.1. The number of hydrogen-bond donors (Lipinski definition) is 1. The standard InChI is InChI=1S/C21H18F3N5O3/c1-2-32-19(31)11-8-14-6-9-17(10-7-14)25-18(30)13-29-27-20(26-28-29)15-4-3-5-16(12-15)21(22,23)24/h3-12H,2,13H2,1H3,(H,25,30)/b11-8+. The first kappa shape index (κ1) is 22.7. The van der Waals surface area contributed by atoms with Crippen LogP contribution in [0.25, 0.3) is 17.5 Å². The number of ether oxygens (including phenoxy) is 1. The molecule has 0 aliphatic carbocycles. The lowest BCUT2D eigenvalue weighted by atomic mass is 10.1. The van der Waals surface area contributed by atoms with Gasteiger partial charge in [0.05, 0.1) is 12.2 Å². The minimum absolute atomic E-state index is 0.0263. The fraction of sp³-hybridized carbons (Fsp3) is 0.190. The van der Waals surface area contributed by atoms with Crippen LogP contribution in [0.15, 0.2) is 54.6 Å². The van der Waals surface area contributed by atoms with E-state index in [9.17, 15) is 22.8 Å². The van der Waals surface area contributed by atoms with Gasteiger partial charge in [-0.1, -0.05) is 24.3 Å². The average Bonchev–Trinajstić information content (AvgIpc) is 3.21. The van der Waals surface area contributed by atoms with Gasteiger partial charge in [0, 0.05) is 17.3 Å². The number of benzene rings is 2. The van der Waals surface area contributed by atoms with Crippen molar-refractivity contribution < 1.29 is 27.5 Å². The van der Waals surface area contributed by atoms with Gasteiger partial charge in [0.2, 0.25) is 11.7 Å². The second-order valence-corrected chi connectivity index (χ2v) is 6.48. The number of anilines is 1. The molecular formula is C21H18F3N5O3. The molecule has 0 saturated heterocycles. The zero-order chi connectivity index (χ0) is 23.1. The lowest BCUT2D eigenvalue weighted by molar-refractivity contribution is -0.138. The van der Waals surface area contributed by atoms with E-state index in [-0.39, 0.29) is 24.5 Å². The van der Waals surface area contributed by atoms with E-state index in [0.29, 0.717) is 5.69 Å². The van der Waals surface area contributed by atoms with Crippen molar-refractivity contribution in [1.29, 1.82) is 0 Å². The number of halogens is 3. The third kappa shape index (κ3) is 6.24. The van der Waals surface area contributed by atoms with E-state index in [1.54, 1.807) is 37.3 Å². The Labute approximate surface area is 180 Å². The first-order valence-electron chi connectivity index (χ1n) is 9.45. The van der Waals surface area contributed by atoms with Crippen LogP contribution in [0.3, 0.4) is 0 Å². The van der Waals surface area contributed by atoms with E-state index in [1.165, 1.54) is 18.2 Å². The summed E-state index contributed by atoms with van der Waals surface area (Å²) in [6.07, 6.45) is -1.61. The molecule has 166 valence electrons. The number of esters is 1. The smallest absolute Gasteiger partial charge is 0.416 e. The maximum absolute atomic E-state index is 12.9. The quantitative estimate of drug-likeness (QED) is 0.441. The molecule has 1 heterocycles. The zero-order valence-electron chi connectivity index (χ0n) is 16.8. The van der Waals surface area contributed by atoms with E-state index < -0.39 is 23.6 Å². The molecule has 11 heteroatoms. The van der Waals surface area contributed by atoms with Gasteiger partial charge in [-0.15, -0.1) is 10.2 Å². The molecule has 0 spiro atoms. The van der Waals surface area contributed by atoms with Crippen LogP contribution in [0, 0.1) is 0 Å². The van der Waals surface area contributed by atoms with Crippen LogP contribution in [0.2, 0.25) is 0 Å². The Morgan fingerprint density at radius 1 is 1.16 bits per heavy atom. The number of carbonyl (C=O) groups is 2. The molecule has 0 aliphatic heterocycles. The number of amides is 1. The molecule has 1 amide bonds. The Hall–Kier alpha value is -4.02. The fourth-order valence-electron chi connectivity index (χ4n) is 2.62. The van der Waals surface area contributed by atoms with Crippen LogP contribution in [0.4, 0.5) is 18.9 Å². The molecule has 8 nitrogen and oxygen atoms in total. The molecule has 0 saturated carbocycles. The number of nitrogens with one attached hydrogen (secondary N) is 1. The summed E-state index contributed by atoms with van der Waals surface area (Å²) in [6.45, 7) is 1.72. The van der Waals surface area contributed by atoms with Gasteiger partial charge >= 0.3 is 12.1 Å². The van der Waals surface area contributed by atoms with Crippen molar-refractivity contribution in [3.05, 3.63) is 65.7 Å². The Morgan fingerprint density at radius 2 is 1.91 bits per heavy atom. The third-order valence-corrected chi connectivity index (χ3v) is 4.08. The number of hydrogen-bond acceptors (Lipinski definition) is 6. The second-order valence-electron chi connectivity index (χ2n) is 6.48. The van der Waals surface area contributed by atoms with Gasteiger partial charge in [-0.25, -0.2) is 4.79 Å². The van der Waals surface area contributed by atoms with Crippen LogP contribution < -0.4 is 5.32 Å². The largest absolute Gasteiger partial charge is 0.463 e. The number of aromatic nitrogens is 4. The predicted octanol–water partition coefficient (Wildman–Crippen LogP) is 3.57. The van der Waals surface area contributed by atoms with Crippen LogP contribution in [-0.4, -0.2) is 38.7 Å². The maximum atomic E-state index is 12.9. The summed E-state index contributed by atoms with van der Waals surface area (Å²) in [5.74, 6) is -0.927. The van der Waals surface area contributed by atoms with E-state index in [0.717, 1.165) is 22.5 Å². The molecule has 0 atom stereocenters. The Morgan fingerprint density at radius 3 is 2.59 bits per heavy atom. The molecule has 1 aromatic heterocycles. The lowest BCUT2D eigenvalue weighted by Crippen LogP contribution is -2.20. The summed E-state index contributed by atoms with van der Waals surface area (Å²) in [7, 11) is 0. The van der Waals surface area contributed by atoms with E-state index in [4.69, 9.17) is 4.74 Å². The molecule has 0 unspecified atom stereocenters. The SMILES string of the molecule is CCOC(=O)/C=C/c1ccc(NC(=O)Cn2nnc(-c3cccc(C(F)(F)F)c3)n2)cc1. The molecule has 1 N–H and O–H groups in total. The van der Waals surface area contributed by atoms with Crippen molar-refractivity contribution in [3.8, 4) is 11.4 Å². The van der Waals surface area contributed by atoms with Gasteiger partial charge in [-0.2, -0.15) is 18.0 Å². The number of carbonyl (C=O) groups excluding carboxylic acids is 2. The Bertz CT molecular complexity index is 1120. The number of rotatable bonds is 7. The molecule has 3 aromatic rings. The van der Waals surface area contributed by atoms with Gasteiger partial charge < -0.3 is 10.1 Å². The topological polar surface area (TPSA) is 99.0 Å². The monoisotopic (exact) mass is 445 g/mol. The van der Waals surface area contributed by atoms with E-state index >= 15 is 0 Å². The summed E-state index contributed by atoms with van der Waals surface area (Å²) in [6, 6.07) is 11.2. The second kappa shape index (κ2) is 9.86. The third-order valence-electron chi connectivity index (χ3n) is 4.08. The summed E-state index contributed by atoms with van der Waals surface area (Å²) >= 11 is 0. The molecule has 0 radical (unpaired) electrons. The molecule has 3 rings (SSSR count). The van der Waals surface area contributed by atoms with Crippen molar-refractivity contribution in [2.24, 2.45) is 0 Å². The molecule has 2 aromatic carbocycles. The minimum Gasteiger partial charge on any atom is -0.463 e. The normalized spacial score (nSPS) is 11.5. The number of tetrazole rings is 1. The zero-order valence-corrected chi connectivity index (χ0v) is 16.8. The first-order valence-corrected chi connectivity index (χ1v) is 9.45. The summed E-state index contributed by atoms with van der Waals surface area (Å²) < 4.78 is 43.4. The van der Waals surface area contributed by atoms with Crippen molar-refractivity contribution >= 4 is 23.6 Å². The molecule has 0 aliphatic rings. The lowest BCUT2D eigenvalue weighted by Gasteiger charge is -2.06. The van der Waals surface area contributed by atoms with E-state index in [1.807, 2.05) is 0 Å². The van der Waals surface area contributed by atoms with Crippen LogP contribution in [0.1, 0.15) is 18.1 Å². The van der Waals surface area contributed by atoms with Gasteiger partial charge in [0.25, 0.3) is 0 Å². The number of alkyl halides is 3. The highest BCUT2D eigenvalue weighted by Gasteiger charge is 2.30. The number of nitrogens with zero attached hydrogens (tertiary/aromatic N) is 4. The van der Waals surface area contributed by atoms with Crippen LogP contribution in [0.5, 0.6) is 0 Å². The fourth-order valence-corrected chi connectivity index (χ4v) is 2.62. The van der Waals surface area contributed by atoms with Crippen molar-refractivity contribution in [3.63, 3.8) is 0 Å². The molecular weight excluding hydrogens is 427 g/mol. The summed E-state index contributed by atoms with van der Waals surface area (Å²) in [5.41, 5.74) is 0.545. The van der Waals surface area contributed by atoms with Gasteiger partial charge in [0.15, 0.2) is 0 Å². The van der Waals surface area contributed by atoms with E-state index in [2.05, 4.69) is 20.7 Å².